The normalized spacial score (nSPS) is 12.4. The van der Waals surface area contributed by atoms with Gasteiger partial charge < -0.3 is 35.1 Å². The van der Waals surface area contributed by atoms with E-state index in [1.807, 2.05) is 66.9 Å². The van der Waals surface area contributed by atoms with Gasteiger partial charge >= 0.3 is 29.6 Å². The average Bonchev–Trinajstić information content (AvgIpc) is 3.35. The zero-order valence-electron chi connectivity index (χ0n) is 25.9. The smallest absolute Gasteiger partial charge is 0.550 e. The van der Waals surface area contributed by atoms with Crippen molar-refractivity contribution in [1.29, 1.82) is 0 Å². The Bertz CT molecular complexity index is 1570. The van der Waals surface area contributed by atoms with E-state index in [0.29, 0.717) is 16.8 Å². The summed E-state index contributed by atoms with van der Waals surface area (Å²) in [5.74, 6) is -2.13. The van der Waals surface area contributed by atoms with Gasteiger partial charge in [0.05, 0.1) is 18.8 Å². The molecule has 0 radical (unpaired) electrons. The second kappa shape index (κ2) is 16.8. The number of benzene rings is 3. The molecule has 0 saturated carbocycles. The van der Waals surface area contributed by atoms with E-state index in [-0.39, 0.29) is 73.9 Å². The van der Waals surface area contributed by atoms with E-state index in [1.54, 1.807) is 18.2 Å². The zero-order chi connectivity index (χ0) is 31.8. The maximum absolute atomic E-state index is 14.1. The summed E-state index contributed by atoms with van der Waals surface area (Å²) in [6, 6.07) is 22.6. The standard InChI is InChI=1S/C35H39FN2O6.Na/c1-22(2)38-30(16-15-28(40)18-29(41)19-31(42)43)32(26-11-13-27(36)14-12-26)33(25-9-4-3-5-10-25)34(38)35(44)37-20-23-7-6-8-24(17-23)21-39;/h3-14,17,22,28-29,39-41H,15-16,18-21H2,1-2H3,(H,37,44)(H,42,43);/q;+1/p-1/t28-,29-;/m1./s1. The molecule has 1 heterocycles. The molecule has 232 valence electrons. The van der Waals surface area contributed by atoms with Crippen LogP contribution in [0.3, 0.4) is 0 Å². The predicted octanol–water partition coefficient (Wildman–Crippen LogP) is 1.15. The number of hydrogen-bond acceptors (Lipinski definition) is 6. The molecule has 0 aliphatic carbocycles. The molecule has 0 unspecified atom stereocenters. The number of carboxylic acid groups (broad SMARTS) is 1. The number of aliphatic hydroxyl groups is 3. The Balaban J connectivity index is 0.00000552. The maximum atomic E-state index is 14.1. The molecule has 0 bridgehead atoms. The molecule has 4 rings (SSSR count). The van der Waals surface area contributed by atoms with Gasteiger partial charge in [-0.15, -0.1) is 0 Å². The van der Waals surface area contributed by atoms with Crippen LogP contribution >= 0.6 is 0 Å². The van der Waals surface area contributed by atoms with Crippen LogP contribution in [0.25, 0.3) is 22.3 Å². The third-order valence-corrected chi connectivity index (χ3v) is 7.52. The number of aliphatic hydroxyl groups excluding tert-OH is 3. The predicted molar refractivity (Wildman–Crippen MR) is 164 cm³/mol. The number of carbonyl (C=O) groups excluding carboxylic acids is 2. The molecule has 8 nitrogen and oxygen atoms in total. The van der Waals surface area contributed by atoms with Crippen molar-refractivity contribution >= 4 is 11.9 Å². The molecule has 0 saturated heterocycles. The number of aromatic nitrogens is 1. The Hall–Kier alpha value is -3.31. The molecule has 1 amide bonds. The Labute approximate surface area is 284 Å². The first-order valence-corrected chi connectivity index (χ1v) is 14.7. The van der Waals surface area contributed by atoms with Crippen LogP contribution in [0.5, 0.6) is 0 Å². The molecule has 0 fully saturated rings. The quantitative estimate of drug-likeness (QED) is 0.156. The molecular weight excluding hydrogens is 586 g/mol. The van der Waals surface area contributed by atoms with Gasteiger partial charge in [-0.25, -0.2) is 4.39 Å². The van der Waals surface area contributed by atoms with Crippen molar-refractivity contribution in [3.8, 4) is 22.3 Å². The fraction of sp³-hybridized carbons (Fsp3) is 0.314. The molecule has 2 atom stereocenters. The molecule has 4 N–H and O–H groups in total. The second-order valence-electron chi connectivity index (χ2n) is 11.2. The maximum Gasteiger partial charge on any atom is 1.00 e. The van der Waals surface area contributed by atoms with Gasteiger partial charge in [-0.2, -0.15) is 0 Å². The molecule has 10 heteroatoms. The van der Waals surface area contributed by atoms with Crippen LogP contribution in [0.2, 0.25) is 0 Å². The van der Waals surface area contributed by atoms with Gasteiger partial charge in [0.25, 0.3) is 5.91 Å². The summed E-state index contributed by atoms with van der Waals surface area (Å²) in [4.78, 5) is 25.0. The largest absolute Gasteiger partial charge is 1.00 e. The number of aliphatic carboxylic acids is 1. The molecular formula is C35H38FN2NaO6. The van der Waals surface area contributed by atoms with Gasteiger partial charge in [-0.1, -0.05) is 66.7 Å². The first-order chi connectivity index (χ1) is 21.1. The van der Waals surface area contributed by atoms with Crippen molar-refractivity contribution in [3.05, 3.63) is 107 Å². The Morgan fingerprint density at radius 1 is 0.889 bits per heavy atom. The van der Waals surface area contributed by atoms with Gasteiger partial charge in [0.15, 0.2) is 0 Å². The third kappa shape index (κ3) is 9.36. The fourth-order valence-electron chi connectivity index (χ4n) is 5.61. The van der Waals surface area contributed by atoms with E-state index >= 15 is 0 Å². The summed E-state index contributed by atoms with van der Waals surface area (Å²) < 4.78 is 16.0. The zero-order valence-corrected chi connectivity index (χ0v) is 27.9. The van der Waals surface area contributed by atoms with Gasteiger partial charge in [-0.05, 0) is 67.5 Å². The van der Waals surface area contributed by atoms with Gasteiger partial charge in [0.2, 0.25) is 0 Å². The van der Waals surface area contributed by atoms with E-state index in [0.717, 1.165) is 27.9 Å². The Morgan fingerprint density at radius 3 is 2.16 bits per heavy atom. The van der Waals surface area contributed by atoms with E-state index in [2.05, 4.69) is 5.32 Å². The SMILES string of the molecule is CC(C)n1c(CC[C@@H](O)C[C@@H](O)CC(=O)[O-])c(-c2ccc(F)cc2)c(-c2ccccc2)c1C(=O)NCc1cccc(CO)c1.[Na+]. The van der Waals surface area contributed by atoms with Crippen molar-refractivity contribution < 1.29 is 64.0 Å². The van der Waals surface area contributed by atoms with Crippen LogP contribution in [0, 0.1) is 5.82 Å². The van der Waals surface area contributed by atoms with E-state index in [1.165, 1.54) is 12.1 Å². The van der Waals surface area contributed by atoms with Crippen molar-refractivity contribution in [2.75, 3.05) is 0 Å². The van der Waals surface area contributed by atoms with Crippen molar-refractivity contribution in [3.63, 3.8) is 0 Å². The molecule has 0 aliphatic rings. The molecule has 4 aromatic rings. The topological polar surface area (TPSA) is 135 Å². The fourth-order valence-corrected chi connectivity index (χ4v) is 5.61. The van der Waals surface area contributed by atoms with Crippen molar-refractivity contribution in [2.24, 2.45) is 0 Å². The van der Waals surface area contributed by atoms with Crippen molar-refractivity contribution in [1.82, 2.24) is 9.88 Å². The number of carboxylic acids is 1. The molecule has 1 aromatic heterocycles. The number of halogens is 1. The third-order valence-electron chi connectivity index (χ3n) is 7.52. The summed E-state index contributed by atoms with van der Waals surface area (Å²) in [5, 5.41) is 44.3. The Morgan fingerprint density at radius 2 is 1.53 bits per heavy atom. The van der Waals surface area contributed by atoms with Crippen LogP contribution in [-0.2, 0) is 24.4 Å². The number of hydrogen-bond donors (Lipinski definition) is 4. The van der Waals surface area contributed by atoms with Crippen LogP contribution < -0.4 is 40.0 Å². The number of carbonyl (C=O) groups is 2. The van der Waals surface area contributed by atoms with Crippen LogP contribution in [0.1, 0.15) is 66.5 Å². The summed E-state index contributed by atoms with van der Waals surface area (Å²) in [6.07, 6.45) is -2.53. The van der Waals surface area contributed by atoms with E-state index in [9.17, 15) is 34.4 Å². The number of amides is 1. The summed E-state index contributed by atoms with van der Waals surface area (Å²) >= 11 is 0. The molecule has 45 heavy (non-hydrogen) atoms. The molecule has 3 aromatic carbocycles. The van der Waals surface area contributed by atoms with Crippen LogP contribution in [0.4, 0.5) is 4.39 Å². The summed E-state index contributed by atoms with van der Waals surface area (Å²) in [5.41, 5.74) is 5.56. The minimum absolute atomic E-state index is 0. The molecule has 0 aliphatic heterocycles. The van der Waals surface area contributed by atoms with Gasteiger partial charge in [0.1, 0.15) is 11.5 Å². The Kier molecular flexibility index (Phi) is 13.5. The number of rotatable bonds is 14. The number of nitrogens with one attached hydrogen (secondary N) is 1. The minimum atomic E-state index is -1.40. The number of nitrogens with zero attached hydrogens (tertiary/aromatic N) is 1. The van der Waals surface area contributed by atoms with Crippen molar-refractivity contribution in [2.45, 2.75) is 70.9 Å². The first-order valence-electron chi connectivity index (χ1n) is 14.7. The summed E-state index contributed by atoms with van der Waals surface area (Å²) in [7, 11) is 0. The van der Waals surface area contributed by atoms with E-state index < -0.39 is 30.4 Å². The summed E-state index contributed by atoms with van der Waals surface area (Å²) in [6.45, 7) is 4.01. The average molecular weight is 625 g/mol. The second-order valence-corrected chi connectivity index (χ2v) is 11.2. The van der Waals surface area contributed by atoms with Crippen LogP contribution in [0.15, 0.2) is 78.9 Å². The van der Waals surface area contributed by atoms with E-state index in [4.69, 9.17) is 0 Å². The van der Waals surface area contributed by atoms with Crippen LogP contribution in [-0.4, -0.2) is 44.0 Å². The molecule has 0 spiro atoms. The monoisotopic (exact) mass is 624 g/mol. The first kappa shape index (κ1) is 36.2. The van der Waals surface area contributed by atoms with Gasteiger partial charge in [-0.3, -0.25) is 4.79 Å². The minimum Gasteiger partial charge on any atom is -0.550 e. The van der Waals surface area contributed by atoms with Gasteiger partial charge in [0, 0.05) is 41.8 Å².